The monoisotopic (exact) mass is 273 g/mol. The minimum absolute atomic E-state index is 0.214. The third kappa shape index (κ3) is 3.28. The molecule has 1 aromatic rings. The SMILES string of the molecule is O=S(=O)(CCCl)Nc1cc(F)cc(F)c1F. The number of nitrogens with one attached hydrogen (secondary N) is 1. The maximum atomic E-state index is 13.1. The molecule has 0 radical (unpaired) electrons. The quantitative estimate of drug-likeness (QED) is 0.674. The average molecular weight is 274 g/mol. The number of anilines is 1. The number of benzene rings is 1. The van der Waals surface area contributed by atoms with E-state index < -0.39 is 38.9 Å². The second kappa shape index (κ2) is 4.92. The van der Waals surface area contributed by atoms with Gasteiger partial charge >= 0.3 is 0 Å². The Bertz CT molecular complexity index is 492. The van der Waals surface area contributed by atoms with Crippen LogP contribution in [0.25, 0.3) is 0 Å². The van der Waals surface area contributed by atoms with Crippen molar-refractivity contribution in [1.29, 1.82) is 0 Å². The Kier molecular flexibility index (Phi) is 4.03. The third-order valence-electron chi connectivity index (χ3n) is 1.60. The molecular formula is C8H7ClF3NO2S. The van der Waals surface area contributed by atoms with Gasteiger partial charge in [-0.3, -0.25) is 4.72 Å². The summed E-state index contributed by atoms with van der Waals surface area (Å²) in [5.41, 5.74) is -0.775. The van der Waals surface area contributed by atoms with Crippen LogP contribution in [0, 0.1) is 17.5 Å². The number of rotatable bonds is 4. The lowest BCUT2D eigenvalue weighted by Crippen LogP contribution is -2.18. The summed E-state index contributed by atoms with van der Waals surface area (Å²) in [7, 11) is -3.90. The Morgan fingerprint density at radius 1 is 1.25 bits per heavy atom. The lowest BCUT2D eigenvalue weighted by molar-refractivity contribution is 0.498. The maximum Gasteiger partial charge on any atom is 0.233 e. The van der Waals surface area contributed by atoms with Crippen molar-refractivity contribution in [3.63, 3.8) is 0 Å². The van der Waals surface area contributed by atoms with Crippen LogP contribution in [-0.4, -0.2) is 20.1 Å². The number of halogens is 4. The van der Waals surface area contributed by atoms with E-state index in [9.17, 15) is 21.6 Å². The fraction of sp³-hybridized carbons (Fsp3) is 0.250. The Hall–Kier alpha value is -0.950. The normalized spacial score (nSPS) is 11.5. The van der Waals surface area contributed by atoms with Gasteiger partial charge in [0.05, 0.1) is 11.4 Å². The van der Waals surface area contributed by atoms with Gasteiger partial charge in [-0.15, -0.1) is 11.6 Å². The summed E-state index contributed by atoms with van der Waals surface area (Å²) < 4.78 is 62.5. The molecule has 0 amide bonds. The average Bonchev–Trinajstić information content (AvgIpc) is 2.12. The Morgan fingerprint density at radius 3 is 2.44 bits per heavy atom. The van der Waals surface area contributed by atoms with Gasteiger partial charge in [0.1, 0.15) is 5.82 Å². The number of sulfonamides is 1. The minimum Gasteiger partial charge on any atom is -0.280 e. The van der Waals surface area contributed by atoms with Crippen molar-refractivity contribution in [3.05, 3.63) is 29.6 Å². The molecule has 0 spiro atoms. The van der Waals surface area contributed by atoms with Gasteiger partial charge in [0.25, 0.3) is 0 Å². The molecule has 0 aliphatic heterocycles. The molecule has 8 heteroatoms. The summed E-state index contributed by atoms with van der Waals surface area (Å²) >= 11 is 5.19. The first-order valence-corrected chi connectivity index (χ1v) is 6.25. The highest BCUT2D eigenvalue weighted by atomic mass is 35.5. The zero-order valence-electron chi connectivity index (χ0n) is 7.81. The summed E-state index contributed by atoms with van der Waals surface area (Å²) in [5, 5.41) is 0. The summed E-state index contributed by atoms with van der Waals surface area (Å²) in [6.45, 7) is 0. The van der Waals surface area contributed by atoms with E-state index in [4.69, 9.17) is 11.6 Å². The predicted octanol–water partition coefficient (Wildman–Crippen LogP) is 2.08. The van der Waals surface area contributed by atoms with Crippen LogP contribution < -0.4 is 4.72 Å². The first-order valence-electron chi connectivity index (χ1n) is 4.07. The lowest BCUT2D eigenvalue weighted by Gasteiger charge is -2.08. The Morgan fingerprint density at radius 2 is 1.88 bits per heavy atom. The van der Waals surface area contributed by atoms with Crippen LogP contribution in [0.15, 0.2) is 12.1 Å². The van der Waals surface area contributed by atoms with Crippen LogP contribution in [0.5, 0.6) is 0 Å². The molecule has 16 heavy (non-hydrogen) atoms. The fourth-order valence-electron chi connectivity index (χ4n) is 0.950. The second-order valence-electron chi connectivity index (χ2n) is 2.86. The van der Waals surface area contributed by atoms with E-state index in [-0.39, 0.29) is 5.88 Å². The second-order valence-corrected chi connectivity index (χ2v) is 5.08. The molecule has 90 valence electrons. The summed E-state index contributed by atoms with van der Waals surface area (Å²) in [6.07, 6.45) is 0. The van der Waals surface area contributed by atoms with E-state index in [0.717, 1.165) is 0 Å². The standard InChI is InChI=1S/C8H7ClF3NO2S/c9-1-2-16(14,15)13-7-4-5(10)3-6(11)8(7)12/h3-4,13H,1-2H2. The van der Waals surface area contributed by atoms with E-state index in [1.807, 2.05) is 0 Å². The van der Waals surface area contributed by atoms with E-state index in [0.29, 0.717) is 12.1 Å². The summed E-state index contributed by atoms with van der Waals surface area (Å²) in [4.78, 5) is 0. The molecule has 0 fully saturated rings. The highest BCUT2D eigenvalue weighted by Gasteiger charge is 2.16. The molecule has 1 N–H and O–H groups in total. The Labute approximate surface area is 95.3 Å². The topological polar surface area (TPSA) is 46.2 Å². The Balaban J connectivity index is 3.07. The highest BCUT2D eigenvalue weighted by molar-refractivity contribution is 7.92. The number of hydrogen-bond acceptors (Lipinski definition) is 2. The van der Waals surface area contributed by atoms with Crippen LogP contribution >= 0.6 is 11.6 Å². The first-order chi connectivity index (χ1) is 7.35. The van der Waals surface area contributed by atoms with E-state index >= 15 is 0 Å². The van der Waals surface area contributed by atoms with Crippen molar-refractivity contribution in [2.75, 3.05) is 16.4 Å². The molecule has 0 unspecified atom stereocenters. The molecule has 0 aliphatic carbocycles. The third-order valence-corrected chi connectivity index (χ3v) is 3.29. The van der Waals surface area contributed by atoms with Crippen molar-refractivity contribution < 1.29 is 21.6 Å². The van der Waals surface area contributed by atoms with E-state index in [2.05, 4.69) is 0 Å². The van der Waals surface area contributed by atoms with Crippen LogP contribution in [-0.2, 0) is 10.0 Å². The summed E-state index contributed by atoms with van der Waals surface area (Å²) in [5.74, 6) is -4.70. The van der Waals surface area contributed by atoms with Crippen LogP contribution in [0.3, 0.4) is 0 Å². The van der Waals surface area contributed by atoms with Gasteiger partial charge in [0.2, 0.25) is 10.0 Å². The van der Waals surface area contributed by atoms with Crippen molar-refractivity contribution >= 4 is 27.3 Å². The zero-order chi connectivity index (χ0) is 12.3. The predicted molar refractivity (Wildman–Crippen MR) is 54.4 cm³/mol. The van der Waals surface area contributed by atoms with E-state index in [1.165, 1.54) is 0 Å². The molecule has 0 aromatic heterocycles. The van der Waals surface area contributed by atoms with Gasteiger partial charge in [-0.25, -0.2) is 21.6 Å². The molecule has 1 rings (SSSR count). The van der Waals surface area contributed by atoms with Crippen LogP contribution in [0.4, 0.5) is 18.9 Å². The first kappa shape index (κ1) is 13.1. The van der Waals surface area contributed by atoms with Crippen molar-refractivity contribution in [2.24, 2.45) is 0 Å². The minimum atomic E-state index is -3.90. The smallest absolute Gasteiger partial charge is 0.233 e. The molecule has 3 nitrogen and oxygen atoms in total. The molecular weight excluding hydrogens is 267 g/mol. The molecule has 0 heterocycles. The molecule has 1 aromatic carbocycles. The van der Waals surface area contributed by atoms with Gasteiger partial charge in [-0.1, -0.05) is 0 Å². The van der Waals surface area contributed by atoms with Crippen LogP contribution in [0.2, 0.25) is 0 Å². The number of alkyl halides is 1. The van der Waals surface area contributed by atoms with Crippen molar-refractivity contribution in [2.45, 2.75) is 0 Å². The molecule has 0 atom stereocenters. The molecule has 0 saturated carbocycles. The molecule has 0 aliphatic rings. The molecule has 0 saturated heterocycles. The zero-order valence-corrected chi connectivity index (χ0v) is 9.38. The summed E-state index contributed by atoms with van der Waals surface area (Å²) in [6, 6.07) is 0.860. The maximum absolute atomic E-state index is 13.1. The van der Waals surface area contributed by atoms with Crippen molar-refractivity contribution in [3.8, 4) is 0 Å². The van der Waals surface area contributed by atoms with Crippen molar-refractivity contribution in [1.82, 2.24) is 0 Å². The number of hydrogen-bond donors (Lipinski definition) is 1. The van der Waals surface area contributed by atoms with Gasteiger partial charge in [-0.05, 0) is 0 Å². The van der Waals surface area contributed by atoms with Gasteiger partial charge in [0.15, 0.2) is 11.6 Å². The van der Waals surface area contributed by atoms with Gasteiger partial charge in [0, 0.05) is 18.0 Å². The van der Waals surface area contributed by atoms with Gasteiger partial charge in [-0.2, -0.15) is 0 Å². The highest BCUT2D eigenvalue weighted by Crippen LogP contribution is 2.20. The molecule has 0 bridgehead atoms. The fourth-order valence-corrected chi connectivity index (χ4v) is 2.35. The largest absolute Gasteiger partial charge is 0.280 e. The van der Waals surface area contributed by atoms with Crippen LogP contribution in [0.1, 0.15) is 0 Å². The lowest BCUT2D eigenvalue weighted by atomic mass is 10.3. The van der Waals surface area contributed by atoms with Gasteiger partial charge < -0.3 is 0 Å². The van der Waals surface area contributed by atoms with E-state index in [1.54, 1.807) is 4.72 Å².